The van der Waals surface area contributed by atoms with Crippen LogP contribution >= 0.6 is 0 Å². The number of hydrogen-bond acceptors (Lipinski definition) is 4. The largest absolute Gasteiger partial charge is 0.368 e. The molecule has 0 aliphatic carbocycles. The highest BCUT2D eigenvalue weighted by Crippen LogP contribution is 2.22. The molecule has 7 heteroatoms. The number of H-pyrrole nitrogens is 1. The molecular formula is C28H23N5O2. The number of nitrogens with one attached hydrogen (secondary N) is 2. The van der Waals surface area contributed by atoms with E-state index in [2.05, 4.69) is 20.3 Å². The topological polar surface area (TPSA) is 114 Å². The van der Waals surface area contributed by atoms with Crippen molar-refractivity contribution >= 4 is 22.8 Å². The highest BCUT2D eigenvalue weighted by Gasteiger charge is 2.20. The van der Waals surface area contributed by atoms with Crippen molar-refractivity contribution in [2.24, 2.45) is 5.73 Å². The van der Waals surface area contributed by atoms with E-state index in [1.165, 1.54) is 0 Å². The van der Waals surface area contributed by atoms with Gasteiger partial charge in [0.15, 0.2) is 0 Å². The summed E-state index contributed by atoms with van der Waals surface area (Å²) in [6.07, 6.45) is 3.69. The first-order chi connectivity index (χ1) is 17.1. The average molecular weight is 462 g/mol. The fraction of sp³-hybridized carbons (Fsp3) is 0.0714. The summed E-state index contributed by atoms with van der Waals surface area (Å²) in [5.74, 6) is -0.279. The molecule has 5 aromatic rings. The first-order valence-electron chi connectivity index (χ1n) is 11.2. The molecule has 35 heavy (non-hydrogen) atoms. The number of pyridine rings is 1. The number of primary amides is 1. The van der Waals surface area contributed by atoms with E-state index >= 15 is 0 Å². The van der Waals surface area contributed by atoms with Gasteiger partial charge in [-0.2, -0.15) is 0 Å². The van der Waals surface area contributed by atoms with Crippen LogP contribution in [-0.2, 0) is 11.2 Å². The Hall–Kier alpha value is -4.78. The Bertz CT molecular complexity index is 1480. The van der Waals surface area contributed by atoms with Gasteiger partial charge in [-0.25, -0.2) is 4.98 Å². The first kappa shape index (κ1) is 22.0. The second kappa shape index (κ2) is 9.61. The van der Waals surface area contributed by atoms with Crippen molar-refractivity contribution < 1.29 is 9.59 Å². The number of fused-ring (bicyclic) bond motifs is 1. The third-order valence-corrected chi connectivity index (χ3v) is 5.85. The summed E-state index contributed by atoms with van der Waals surface area (Å²) in [6.45, 7) is 0. The number of nitrogens with zero attached hydrogens (tertiary/aromatic N) is 2. The van der Waals surface area contributed by atoms with E-state index in [4.69, 9.17) is 5.73 Å². The summed E-state index contributed by atoms with van der Waals surface area (Å²) in [5.41, 5.74) is 11.5. The van der Waals surface area contributed by atoms with Crippen LogP contribution in [0.2, 0.25) is 0 Å². The molecule has 0 unspecified atom stereocenters. The molecule has 0 aliphatic rings. The van der Waals surface area contributed by atoms with Crippen molar-refractivity contribution in [3.05, 3.63) is 108 Å². The Labute approximate surface area is 202 Å². The second-order valence-corrected chi connectivity index (χ2v) is 8.25. The van der Waals surface area contributed by atoms with Crippen molar-refractivity contribution in [3.8, 4) is 22.5 Å². The van der Waals surface area contributed by atoms with Gasteiger partial charge in [0.1, 0.15) is 11.9 Å². The fourth-order valence-electron chi connectivity index (χ4n) is 3.96. The summed E-state index contributed by atoms with van der Waals surface area (Å²) >= 11 is 0. The standard InChI is InChI=1S/C28H23N5O2/c29-26(34)25(16-18-6-8-20(9-7-18)19-4-2-1-3-5-19)33-28(35)22-10-11-23-24(17-22)32-27(31-23)21-12-14-30-15-13-21/h1-15,17,25H,16H2,(H2,29,34)(H,31,32)(H,33,35)/t25-/m0/s1. The summed E-state index contributed by atoms with van der Waals surface area (Å²) in [4.78, 5) is 36.9. The molecule has 2 amide bonds. The average Bonchev–Trinajstić information content (AvgIpc) is 3.33. The Morgan fingerprint density at radius 2 is 1.57 bits per heavy atom. The van der Waals surface area contributed by atoms with E-state index in [0.717, 1.165) is 33.3 Å². The molecule has 0 fully saturated rings. The maximum atomic E-state index is 12.9. The molecule has 4 N–H and O–H groups in total. The molecule has 0 aliphatic heterocycles. The molecule has 0 bridgehead atoms. The minimum absolute atomic E-state index is 0.300. The summed E-state index contributed by atoms with van der Waals surface area (Å²) in [6, 6.07) is 26.0. The van der Waals surface area contributed by atoms with Crippen molar-refractivity contribution in [1.29, 1.82) is 0 Å². The van der Waals surface area contributed by atoms with E-state index in [1.807, 2.05) is 66.7 Å². The van der Waals surface area contributed by atoms with Gasteiger partial charge in [0, 0.05) is 29.9 Å². The zero-order chi connectivity index (χ0) is 24.2. The van der Waals surface area contributed by atoms with Crippen LogP contribution in [0.15, 0.2) is 97.3 Å². The lowest BCUT2D eigenvalue weighted by molar-refractivity contribution is -0.119. The molecule has 2 aromatic heterocycles. The Morgan fingerprint density at radius 1 is 0.857 bits per heavy atom. The number of imidazole rings is 1. The van der Waals surface area contributed by atoms with Gasteiger partial charge < -0.3 is 16.0 Å². The number of aromatic nitrogens is 3. The highest BCUT2D eigenvalue weighted by molar-refractivity contribution is 6.00. The minimum Gasteiger partial charge on any atom is -0.368 e. The zero-order valence-corrected chi connectivity index (χ0v) is 18.8. The molecule has 2 heterocycles. The fourth-order valence-corrected chi connectivity index (χ4v) is 3.96. The lowest BCUT2D eigenvalue weighted by Crippen LogP contribution is -2.45. The molecule has 0 spiro atoms. The summed E-state index contributed by atoms with van der Waals surface area (Å²) in [5, 5.41) is 2.77. The summed E-state index contributed by atoms with van der Waals surface area (Å²) < 4.78 is 0. The van der Waals surface area contributed by atoms with Gasteiger partial charge in [-0.15, -0.1) is 0 Å². The van der Waals surface area contributed by atoms with Crippen molar-refractivity contribution in [3.63, 3.8) is 0 Å². The van der Waals surface area contributed by atoms with Crippen molar-refractivity contribution in [2.45, 2.75) is 12.5 Å². The van der Waals surface area contributed by atoms with Gasteiger partial charge in [0.25, 0.3) is 5.91 Å². The van der Waals surface area contributed by atoms with Gasteiger partial charge in [-0.05, 0) is 47.0 Å². The van der Waals surface area contributed by atoms with E-state index in [-0.39, 0.29) is 5.91 Å². The molecule has 3 aromatic carbocycles. The maximum Gasteiger partial charge on any atom is 0.252 e. The minimum atomic E-state index is -0.838. The number of rotatable bonds is 7. The third kappa shape index (κ3) is 4.94. The van der Waals surface area contributed by atoms with Crippen LogP contribution in [0, 0.1) is 0 Å². The monoisotopic (exact) mass is 461 g/mol. The van der Waals surface area contributed by atoms with E-state index in [0.29, 0.717) is 17.8 Å². The van der Waals surface area contributed by atoms with E-state index in [9.17, 15) is 9.59 Å². The second-order valence-electron chi connectivity index (χ2n) is 8.25. The van der Waals surface area contributed by atoms with Gasteiger partial charge >= 0.3 is 0 Å². The quantitative estimate of drug-likeness (QED) is 0.338. The van der Waals surface area contributed by atoms with Crippen LogP contribution in [0.1, 0.15) is 15.9 Å². The molecular weight excluding hydrogens is 438 g/mol. The summed E-state index contributed by atoms with van der Waals surface area (Å²) in [7, 11) is 0. The molecule has 0 saturated carbocycles. The number of hydrogen-bond donors (Lipinski definition) is 3. The van der Waals surface area contributed by atoms with E-state index in [1.54, 1.807) is 30.6 Å². The van der Waals surface area contributed by atoms with Gasteiger partial charge in [0.2, 0.25) is 5.91 Å². The molecule has 0 radical (unpaired) electrons. The van der Waals surface area contributed by atoms with Gasteiger partial charge in [-0.1, -0.05) is 54.6 Å². The SMILES string of the molecule is NC(=O)[C@H](Cc1ccc(-c2ccccc2)cc1)NC(=O)c1ccc2nc(-c3ccncc3)[nH]c2c1. The van der Waals surface area contributed by atoms with Gasteiger partial charge in [-0.3, -0.25) is 14.6 Å². The lowest BCUT2D eigenvalue weighted by atomic mass is 10.00. The van der Waals surface area contributed by atoms with Crippen LogP contribution < -0.4 is 11.1 Å². The molecule has 5 rings (SSSR count). The predicted octanol–water partition coefficient (Wildman–Crippen LogP) is 4.12. The van der Waals surface area contributed by atoms with Crippen LogP contribution in [0.5, 0.6) is 0 Å². The molecule has 7 nitrogen and oxygen atoms in total. The maximum absolute atomic E-state index is 12.9. The normalized spacial score (nSPS) is 11.8. The van der Waals surface area contributed by atoms with Crippen molar-refractivity contribution in [2.75, 3.05) is 0 Å². The number of benzene rings is 3. The van der Waals surface area contributed by atoms with Crippen LogP contribution in [0.3, 0.4) is 0 Å². The lowest BCUT2D eigenvalue weighted by Gasteiger charge is -2.16. The molecule has 0 saturated heterocycles. The Balaban J connectivity index is 1.31. The highest BCUT2D eigenvalue weighted by atomic mass is 16.2. The number of aromatic amines is 1. The predicted molar refractivity (Wildman–Crippen MR) is 135 cm³/mol. The van der Waals surface area contributed by atoms with Crippen molar-refractivity contribution in [1.82, 2.24) is 20.3 Å². The van der Waals surface area contributed by atoms with E-state index < -0.39 is 11.9 Å². The number of nitrogens with two attached hydrogens (primary N) is 1. The smallest absolute Gasteiger partial charge is 0.252 e. The Kier molecular flexibility index (Phi) is 6.05. The van der Waals surface area contributed by atoms with Crippen LogP contribution in [-0.4, -0.2) is 32.8 Å². The zero-order valence-electron chi connectivity index (χ0n) is 18.8. The third-order valence-electron chi connectivity index (χ3n) is 5.85. The first-order valence-corrected chi connectivity index (χ1v) is 11.2. The molecule has 1 atom stereocenters. The van der Waals surface area contributed by atoms with Gasteiger partial charge in [0.05, 0.1) is 11.0 Å². The van der Waals surface area contributed by atoms with Crippen LogP contribution in [0.25, 0.3) is 33.5 Å². The number of carbonyl (C=O) groups is 2. The Morgan fingerprint density at radius 3 is 2.29 bits per heavy atom. The molecule has 172 valence electrons. The van der Waals surface area contributed by atoms with Crippen LogP contribution in [0.4, 0.5) is 0 Å². The number of carbonyl (C=O) groups excluding carboxylic acids is 2. The number of amides is 2.